The van der Waals surface area contributed by atoms with Gasteiger partial charge in [-0.25, -0.2) is 0 Å². The van der Waals surface area contributed by atoms with Crippen LogP contribution < -0.4 is 5.32 Å². The van der Waals surface area contributed by atoms with Crippen molar-refractivity contribution in [2.45, 2.75) is 45.3 Å². The molecule has 0 radical (unpaired) electrons. The predicted molar refractivity (Wildman–Crippen MR) is 51.3 cm³/mol. The van der Waals surface area contributed by atoms with Gasteiger partial charge in [0.2, 0.25) is 0 Å². The molecule has 0 aliphatic heterocycles. The van der Waals surface area contributed by atoms with Gasteiger partial charge in [0.05, 0.1) is 6.10 Å². The molecule has 3 atom stereocenters. The molecule has 1 saturated carbocycles. The maximum absolute atomic E-state index is 5.46. The maximum Gasteiger partial charge on any atom is 0.0726 e. The van der Waals surface area contributed by atoms with Crippen LogP contribution in [-0.2, 0) is 4.74 Å². The zero-order chi connectivity index (χ0) is 8.97. The first kappa shape index (κ1) is 10.0. The van der Waals surface area contributed by atoms with E-state index in [0.717, 1.165) is 12.5 Å². The van der Waals surface area contributed by atoms with E-state index in [-0.39, 0.29) is 0 Å². The molecule has 0 aromatic carbocycles. The van der Waals surface area contributed by atoms with Crippen molar-refractivity contribution in [3.8, 4) is 0 Å². The lowest BCUT2D eigenvalue weighted by Crippen LogP contribution is -2.44. The first-order chi connectivity index (χ1) is 5.77. The minimum absolute atomic E-state index is 0.439. The number of likely N-dealkylation sites (N-methyl/N-ethyl adjacent to an activating group) is 1. The van der Waals surface area contributed by atoms with Crippen LogP contribution in [0.25, 0.3) is 0 Å². The largest absolute Gasteiger partial charge is 0.380 e. The van der Waals surface area contributed by atoms with Crippen LogP contribution >= 0.6 is 0 Å². The quantitative estimate of drug-likeness (QED) is 0.699. The lowest BCUT2D eigenvalue weighted by atomic mass is 9.85. The third-order valence-corrected chi connectivity index (χ3v) is 2.82. The van der Waals surface area contributed by atoms with Gasteiger partial charge in [-0.1, -0.05) is 13.8 Å². The van der Waals surface area contributed by atoms with Crippen molar-refractivity contribution in [2.24, 2.45) is 5.92 Å². The molecule has 0 aromatic rings. The van der Waals surface area contributed by atoms with E-state index in [2.05, 4.69) is 19.2 Å². The number of hydrogen-bond donors (Lipinski definition) is 1. The Hall–Kier alpha value is -0.0800. The average molecular weight is 171 g/mol. The van der Waals surface area contributed by atoms with Crippen LogP contribution in [0.5, 0.6) is 0 Å². The van der Waals surface area contributed by atoms with E-state index < -0.39 is 0 Å². The maximum atomic E-state index is 5.46. The van der Waals surface area contributed by atoms with Crippen molar-refractivity contribution in [1.29, 1.82) is 0 Å². The average Bonchev–Trinajstić information content (AvgIpc) is 2.08. The smallest absolute Gasteiger partial charge is 0.0726 e. The molecule has 3 unspecified atom stereocenters. The molecule has 0 aromatic heterocycles. The highest BCUT2D eigenvalue weighted by Crippen LogP contribution is 2.25. The Morgan fingerprint density at radius 1 is 1.42 bits per heavy atom. The molecule has 0 amide bonds. The van der Waals surface area contributed by atoms with Gasteiger partial charge in [-0.2, -0.15) is 0 Å². The van der Waals surface area contributed by atoms with E-state index in [1.807, 2.05) is 7.11 Å². The molecule has 1 aliphatic rings. The summed E-state index contributed by atoms with van der Waals surface area (Å²) in [7, 11) is 1.83. The number of nitrogens with one attached hydrogen (secondary N) is 1. The van der Waals surface area contributed by atoms with Crippen LogP contribution in [0.1, 0.15) is 33.1 Å². The molecule has 0 spiro atoms. The summed E-state index contributed by atoms with van der Waals surface area (Å²) in [6, 6.07) is 0.594. The highest BCUT2D eigenvalue weighted by molar-refractivity contribution is 4.83. The fourth-order valence-electron chi connectivity index (χ4n) is 2.08. The zero-order valence-corrected chi connectivity index (χ0v) is 8.47. The molecule has 2 heteroatoms. The Kier molecular flexibility index (Phi) is 4.02. The van der Waals surface area contributed by atoms with Crippen LogP contribution in [0.2, 0.25) is 0 Å². The molecule has 1 rings (SSSR count). The summed E-state index contributed by atoms with van der Waals surface area (Å²) in [6.45, 7) is 5.53. The van der Waals surface area contributed by atoms with Gasteiger partial charge in [-0.15, -0.1) is 0 Å². The molecule has 72 valence electrons. The van der Waals surface area contributed by atoms with Crippen molar-refractivity contribution in [3.63, 3.8) is 0 Å². The summed E-state index contributed by atoms with van der Waals surface area (Å²) in [4.78, 5) is 0. The Morgan fingerprint density at radius 2 is 2.17 bits per heavy atom. The molecule has 1 fully saturated rings. The highest BCUT2D eigenvalue weighted by atomic mass is 16.5. The normalized spacial score (nSPS) is 36.8. The van der Waals surface area contributed by atoms with Gasteiger partial charge in [-0.05, 0) is 31.7 Å². The van der Waals surface area contributed by atoms with Crippen molar-refractivity contribution < 1.29 is 4.74 Å². The van der Waals surface area contributed by atoms with E-state index in [1.54, 1.807) is 0 Å². The Bertz CT molecular complexity index is 127. The molecule has 1 N–H and O–H groups in total. The summed E-state index contributed by atoms with van der Waals surface area (Å²) >= 11 is 0. The molecule has 1 aliphatic carbocycles. The van der Waals surface area contributed by atoms with Crippen LogP contribution in [0, 0.1) is 5.92 Å². The van der Waals surface area contributed by atoms with Crippen LogP contribution in [0.3, 0.4) is 0 Å². The summed E-state index contributed by atoms with van der Waals surface area (Å²) < 4.78 is 5.46. The predicted octanol–water partition coefficient (Wildman–Crippen LogP) is 1.80. The van der Waals surface area contributed by atoms with Gasteiger partial charge in [0, 0.05) is 13.2 Å². The monoisotopic (exact) mass is 171 g/mol. The van der Waals surface area contributed by atoms with Crippen LogP contribution in [0.15, 0.2) is 0 Å². The molecule has 12 heavy (non-hydrogen) atoms. The fourth-order valence-corrected chi connectivity index (χ4v) is 2.08. The van der Waals surface area contributed by atoms with Crippen molar-refractivity contribution in [2.75, 3.05) is 13.7 Å². The lowest BCUT2D eigenvalue weighted by molar-refractivity contribution is 0.0265. The standard InChI is InChI=1S/C10H21NO/c1-4-11-9-6-5-8(2)7-10(9)12-3/h8-11H,4-7H2,1-3H3. The lowest BCUT2D eigenvalue weighted by Gasteiger charge is -2.34. The third kappa shape index (κ3) is 2.46. The Labute approximate surface area is 75.7 Å². The summed E-state index contributed by atoms with van der Waals surface area (Å²) in [5.41, 5.74) is 0. The third-order valence-electron chi connectivity index (χ3n) is 2.82. The van der Waals surface area contributed by atoms with Crippen molar-refractivity contribution in [3.05, 3.63) is 0 Å². The van der Waals surface area contributed by atoms with Gasteiger partial charge in [0.1, 0.15) is 0 Å². The van der Waals surface area contributed by atoms with E-state index in [1.165, 1.54) is 19.3 Å². The van der Waals surface area contributed by atoms with E-state index in [9.17, 15) is 0 Å². The van der Waals surface area contributed by atoms with Gasteiger partial charge >= 0.3 is 0 Å². The van der Waals surface area contributed by atoms with E-state index >= 15 is 0 Å². The molecule has 0 bridgehead atoms. The Morgan fingerprint density at radius 3 is 2.75 bits per heavy atom. The second-order valence-corrected chi connectivity index (χ2v) is 3.86. The topological polar surface area (TPSA) is 21.3 Å². The second-order valence-electron chi connectivity index (χ2n) is 3.86. The number of rotatable bonds is 3. The van der Waals surface area contributed by atoms with Crippen molar-refractivity contribution in [1.82, 2.24) is 5.32 Å². The number of hydrogen-bond acceptors (Lipinski definition) is 2. The van der Waals surface area contributed by atoms with E-state index in [0.29, 0.717) is 12.1 Å². The first-order valence-corrected chi connectivity index (χ1v) is 5.04. The van der Waals surface area contributed by atoms with Crippen LogP contribution in [-0.4, -0.2) is 25.8 Å². The Balaban J connectivity index is 2.39. The fraction of sp³-hybridized carbons (Fsp3) is 1.00. The summed E-state index contributed by atoms with van der Waals surface area (Å²) in [5.74, 6) is 0.838. The summed E-state index contributed by atoms with van der Waals surface area (Å²) in [5, 5.41) is 3.48. The first-order valence-electron chi connectivity index (χ1n) is 5.04. The molecule has 0 saturated heterocycles. The number of methoxy groups -OCH3 is 1. The zero-order valence-electron chi connectivity index (χ0n) is 8.47. The summed E-state index contributed by atoms with van der Waals surface area (Å²) in [6.07, 6.45) is 4.27. The molecule has 0 heterocycles. The van der Waals surface area contributed by atoms with Gasteiger partial charge in [0.15, 0.2) is 0 Å². The van der Waals surface area contributed by atoms with Gasteiger partial charge < -0.3 is 10.1 Å². The van der Waals surface area contributed by atoms with Gasteiger partial charge in [0.25, 0.3) is 0 Å². The minimum Gasteiger partial charge on any atom is -0.380 e. The number of ether oxygens (including phenoxy) is 1. The van der Waals surface area contributed by atoms with Crippen LogP contribution in [0.4, 0.5) is 0 Å². The molecular formula is C10H21NO. The molecule has 2 nitrogen and oxygen atoms in total. The minimum atomic E-state index is 0.439. The van der Waals surface area contributed by atoms with Gasteiger partial charge in [-0.3, -0.25) is 0 Å². The second kappa shape index (κ2) is 4.83. The molecular weight excluding hydrogens is 150 g/mol. The SMILES string of the molecule is CCNC1CCC(C)CC1OC. The van der Waals surface area contributed by atoms with Crippen molar-refractivity contribution >= 4 is 0 Å². The highest BCUT2D eigenvalue weighted by Gasteiger charge is 2.27. The van der Waals surface area contributed by atoms with E-state index in [4.69, 9.17) is 4.74 Å².